The molecule has 1 aliphatic heterocycles. The molecular formula is C17H22N2O2. The van der Waals surface area contributed by atoms with Gasteiger partial charge in [-0.2, -0.15) is 0 Å². The van der Waals surface area contributed by atoms with E-state index >= 15 is 0 Å². The van der Waals surface area contributed by atoms with Crippen LogP contribution in [0.4, 0.5) is 10.5 Å². The second-order valence-electron chi connectivity index (χ2n) is 5.65. The highest BCUT2D eigenvalue weighted by atomic mass is 16.3. The minimum Gasteiger partial charge on any atom is -0.396 e. The van der Waals surface area contributed by atoms with Gasteiger partial charge in [0.15, 0.2) is 0 Å². The summed E-state index contributed by atoms with van der Waals surface area (Å²) in [6, 6.07) is 7.16. The normalized spacial score (nSPS) is 17.1. The maximum Gasteiger partial charge on any atom is 0.321 e. The van der Waals surface area contributed by atoms with Crippen LogP contribution in [0.1, 0.15) is 31.7 Å². The predicted octanol–water partition coefficient (Wildman–Crippen LogP) is 2.68. The number of urea groups is 1. The van der Waals surface area contributed by atoms with Crippen LogP contribution in [0.2, 0.25) is 0 Å². The van der Waals surface area contributed by atoms with Crippen molar-refractivity contribution in [3.8, 4) is 12.3 Å². The number of anilines is 1. The quantitative estimate of drug-likeness (QED) is 0.839. The van der Waals surface area contributed by atoms with Crippen molar-refractivity contribution in [2.75, 3.05) is 25.0 Å². The van der Waals surface area contributed by atoms with Gasteiger partial charge in [0, 0.05) is 30.9 Å². The summed E-state index contributed by atoms with van der Waals surface area (Å²) in [6.45, 7) is 3.64. The van der Waals surface area contributed by atoms with E-state index in [0.29, 0.717) is 18.8 Å². The molecule has 0 atom stereocenters. The van der Waals surface area contributed by atoms with Crippen molar-refractivity contribution in [2.45, 2.75) is 26.2 Å². The van der Waals surface area contributed by atoms with E-state index in [4.69, 9.17) is 6.42 Å². The number of carbonyl (C=O) groups excluding carboxylic acids is 1. The van der Waals surface area contributed by atoms with Crippen LogP contribution in [0.5, 0.6) is 0 Å². The maximum absolute atomic E-state index is 12.3. The van der Waals surface area contributed by atoms with Crippen LogP contribution >= 0.6 is 0 Å². The number of carbonyl (C=O) groups is 1. The van der Waals surface area contributed by atoms with Crippen LogP contribution in [0.3, 0.4) is 0 Å². The molecule has 1 saturated heterocycles. The topological polar surface area (TPSA) is 52.6 Å². The predicted molar refractivity (Wildman–Crippen MR) is 84.0 cm³/mol. The molecule has 112 valence electrons. The van der Waals surface area contributed by atoms with Crippen molar-refractivity contribution in [2.24, 2.45) is 5.41 Å². The highest BCUT2D eigenvalue weighted by Crippen LogP contribution is 2.34. The van der Waals surface area contributed by atoms with Crippen LogP contribution in [0, 0.1) is 17.8 Å². The molecule has 0 unspecified atom stereocenters. The van der Waals surface area contributed by atoms with E-state index in [1.165, 1.54) is 0 Å². The second-order valence-corrected chi connectivity index (χ2v) is 5.65. The second kappa shape index (κ2) is 6.64. The van der Waals surface area contributed by atoms with Crippen LogP contribution < -0.4 is 5.32 Å². The molecule has 1 aliphatic rings. The summed E-state index contributed by atoms with van der Waals surface area (Å²) >= 11 is 0. The van der Waals surface area contributed by atoms with Gasteiger partial charge in [-0.1, -0.05) is 18.9 Å². The third kappa shape index (κ3) is 3.56. The molecule has 4 heteroatoms. The van der Waals surface area contributed by atoms with Crippen LogP contribution in [-0.4, -0.2) is 35.7 Å². The number of amides is 2. The number of nitrogens with one attached hydrogen (secondary N) is 1. The summed E-state index contributed by atoms with van der Waals surface area (Å²) in [7, 11) is 0. The van der Waals surface area contributed by atoms with Crippen molar-refractivity contribution in [1.82, 2.24) is 4.90 Å². The Bertz CT molecular complexity index is 534. The van der Waals surface area contributed by atoms with Gasteiger partial charge in [0.25, 0.3) is 0 Å². The molecule has 21 heavy (non-hydrogen) atoms. The fraction of sp³-hybridized carbons (Fsp3) is 0.471. The molecule has 0 aliphatic carbocycles. The number of aliphatic hydroxyl groups excluding tert-OH is 1. The third-order valence-corrected chi connectivity index (χ3v) is 4.48. The molecule has 1 heterocycles. The van der Waals surface area contributed by atoms with Gasteiger partial charge in [0.1, 0.15) is 0 Å². The van der Waals surface area contributed by atoms with Gasteiger partial charge >= 0.3 is 6.03 Å². The third-order valence-electron chi connectivity index (χ3n) is 4.48. The molecule has 0 spiro atoms. The lowest BCUT2D eigenvalue weighted by atomic mass is 9.77. The minimum absolute atomic E-state index is 0.0137. The number of hydrogen-bond acceptors (Lipinski definition) is 2. The Labute approximate surface area is 126 Å². The Hall–Kier alpha value is -1.99. The summed E-state index contributed by atoms with van der Waals surface area (Å²) in [5.74, 6) is 2.55. The Morgan fingerprint density at radius 1 is 1.48 bits per heavy atom. The lowest BCUT2D eigenvalue weighted by Crippen LogP contribution is -2.46. The smallest absolute Gasteiger partial charge is 0.321 e. The van der Waals surface area contributed by atoms with Gasteiger partial charge in [0.2, 0.25) is 0 Å². The first-order valence-corrected chi connectivity index (χ1v) is 7.36. The highest BCUT2D eigenvalue weighted by molar-refractivity contribution is 5.89. The van der Waals surface area contributed by atoms with E-state index in [0.717, 1.165) is 24.8 Å². The van der Waals surface area contributed by atoms with E-state index in [1.54, 1.807) is 11.0 Å². The van der Waals surface area contributed by atoms with Crippen molar-refractivity contribution in [1.29, 1.82) is 0 Å². The Kier molecular flexibility index (Phi) is 4.87. The zero-order chi connectivity index (χ0) is 15.3. The van der Waals surface area contributed by atoms with Gasteiger partial charge in [-0.25, -0.2) is 4.79 Å². The Balaban J connectivity index is 1.95. The molecule has 0 aromatic heterocycles. The van der Waals surface area contributed by atoms with Gasteiger partial charge in [0.05, 0.1) is 0 Å². The average molecular weight is 286 g/mol. The standard InChI is InChI=1S/C17H22N2O2/c1-3-14-6-5-7-15(12-14)18-16(21)19-10-8-17(4-2,13-20)9-11-19/h1,5-7,12,20H,4,8-11,13H2,2H3,(H,18,21). The molecule has 2 N–H and O–H groups in total. The molecule has 2 rings (SSSR count). The van der Waals surface area contributed by atoms with Crippen molar-refractivity contribution < 1.29 is 9.90 Å². The first-order chi connectivity index (χ1) is 10.1. The van der Waals surface area contributed by atoms with Gasteiger partial charge in [-0.15, -0.1) is 6.42 Å². The number of terminal acetylenes is 1. The molecule has 4 nitrogen and oxygen atoms in total. The van der Waals surface area contributed by atoms with Crippen LogP contribution in [-0.2, 0) is 0 Å². The zero-order valence-electron chi connectivity index (χ0n) is 12.4. The molecule has 0 bridgehead atoms. The van der Waals surface area contributed by atoms with Gasteiger partial charge < -0.3 is 15.3 Å². The Morgan fingerprint density at radius 3 is 2.76 bits per heavy atom. The largest absolute Gasteiger partial charge is 0.396 e. The van der Waals surface area contributed by atoms with Crippen molar-refractivity contribution >= 4 is 11.7 Å². The van der Waals surface area contributed by atoms with E-state index in [2.05, 4.69) is 18.2 Å². The molecule has 1 aromatic carbocycles. The number of likely N-dealkylation sites (tertiary alicyclic amines) is 1. The maximum atomic E-state index is 12.3. The van der Waals surface area contributed by atoms with Crippen LogP contribution in [0.25, 0.3) is 0 Å². The Morgan fingerprint density at radius 2 is 2.19 bits per heavy atom. The SMILES string of the molecule is C#Cc1cccc(NC(=O)N2CCC(CC)(CO)CC2)c1. The lowest BCUT2D eigenvalue weighted by molar-refractivity contribution is 0.0542. The molecule has 0 saturated carbocycles. The molecule has 2 amide bonds. The first kappa shape index (κ1) is 15.4. The lowest BCUT2D eigenvalue weighted by Gasteiger charge is -2.40. The number of nitrogens with zero attached hydrogens (tertiary/aromatic N) is 1. The molecule has 1 fully saturated rings. The highest BCUT2D eigenvalue weighted by Gasteiger charge is 2.33. The van der Waals surface area contributed by atoms with Gasteiger partial charge in [-0.05, 0) is 42.9 Å². The molecular weight excluding hydrogens is 264 g/mol. The monoisotopic (exact) mass is 286 g/mol. The number of hydrogen-bond donors (Lipinski definition) is 2. The molecule has 0 radical (unpaired) electrons. The summed E-state index contributed by atoms with van der Waals surface area (Å²) in [4.78, 5) is 14.1. The van der Waals surface area contributed by atoms with Crippen LogP contribution in [0.15, 0.2) is 24.3 Å². The molecule has 1 aromatic rings. The number of aliphatic hydroxyl groups is 1. The average Bonchev–Trinajstić information content (AvgIpc) is 2.55. The van der Waals surface area contributed by atoms with Gasteiger partial charge in [-0.3, -0.25) is 0 Å². The number of rotatable bonds is 3. The fourth-order valence-corrected chi connectivity index (χ4v) is 2.70. The summed E-state index contributed by atoms with van der Waals surface area (Å²) < 4.78 is 0. The minimum atomic E-state index is -0.105. The van der Waals surface area contributed by atoms with E-state index in [1.807, 2.05) is 18.2 Å². The zero-order valence-corrected chi connectivity index (χ0v) is 12.4. The van der Waals surface area contributed by atoms with E-state index < -0.39 is 0 Å². The fourth-order valence-electron chi connectivity index (χ4n) is 2.70. The first-order valence-electron chi connectivity index (χ1n) is 7.36. The summed E-state index contributed by atoms with van der Waals surface area (Å²) in [5.41, 5.74) is 1.45. The number of benzene rings is 1. The van der Waals surface area contributed by atoms with E-state index in [-0.39, 0.29) is 18.1 Å². The summed E-state index contributed by atoms with van der Waals surface area (Å²) in [6.07, 6.45) is 7.99. The van der Waals surface area contributed by atoms with Crippen molar-refractivity contribution in [3.05, 3.63) is 29.8 Å². The van der Waals surface area contributed by atoms with Crippen molar-refractivity contribution in [3.63, 3.8) is 0 Å². The summed E-state index contributed by atoms with van der Waals surface area (Å²) in [5, 5.41) is 12.4. The number of piperidine rings is 1. The van der Waals surface area contributed by atoms with E-state index in [9.17, 15) is 9.90 Å².